The van der Waals surface area contributed by atoms with Gasteiger partial charge < -0.3 is 15.4 Å². The maximum absolute atomic E-state index is 12.8. The van der Waals surface area contributed by atoms with Crippen LogP contribution in [0.25, 0.3) is 0 Å². The molecule has 0 unspecified atom stereocenters. The third-order valence-corrected chi connectivity index (χ3v) is 8.21. The lowest BCUT2D eigenvalue weighted by Crippen LogP contribution is -2.21. The Bertz CT molecular complexity index is 1270. The minimum atomic E-state index is -0.293. The van der Waals surface area contributed by atoms with Crippen molar-refractivity contribution in [1.82, 2.24) is 9.78 Å². The standard InChI is InChI=1S/C25H28Cl2N4O2S2/c1-4-33-24(32)21-17-8-6-5-7-9-20(17)35-23(21)29-25(34)28-22-14(2)30-31(15(22)3)13-16-10-11-18(26)19(27)12-16/h10-12H,4-9,13H2,1-3H3,(H2,28,29,34). The molecule has 0 amide bonds. The van der Waals surface area contributed by atoms with Gasteiger partial charge in [-0.25, -0.2) is 4.79 Å². The van der Waals surface area contributed by atoms with E-state index in [9.17, 15) is 4.79 Å². The highest BCUT2D eigenvalue weighted by Crippen LogP contribution is 2.38. The molecule has 2 N–H and O–H groups in total. The van der Waals surface area contributed by atoms with Gasteiger partial charge >= 0.3 is 5.97 Å². The van der Waals surface area contributed by atoms with Crippen LogP contribution in [-0.2, 0) is 24.1 Å². The fraction of sp³-hybridized carbons (Fsp3) is 0.400. The van der Waals surface area contributed by atoms with Gasteiger partial charge in [0.15, 0.2) is 5.11 Å². The van der Waals surface area contributed by atoms with Crippen LogP contribution < -0.4 is 10.6 Å². The van der Waals surface area contributed by atoms with Crippen LogP contribution in [0.5, 0.6) is 0 Å². The van der Waals surface area contributed by atoms with Crippen molar-refractivity contribution in [3.05, 3.63) is 61.2 Å². The van der Waals surface area contributed by atoms with Crippen LogP contribution in [0, 0.1) is 13.8 Å². The Balaban J connectivity index is 1.54. The quantitative estimate of drug-likeness (QED) is 0.192. The van der Waals surface area contributed by atoms with Crippen LogP contribution in [0.2, 0.25) is 10.0 Å². The number of nitrogens with one attached hydrogen (secondary N) is 2. The molecule has 0 saturated carbocycles. The number of aromatic nitrogens is 2. The first-order valence-electron chi connectivity index (χ1n) is 11.7. The number of fused-ring (bicyclic) bond motifs is 1. The summed E-state index contributed by atoms with van der Waals surface area (Å²) in [5.41, 5.74) is 5.32. The molecule has 3 aromatic rings. The van der Waals surface area contributed by atoms with E-state index in [1.54, 1.807) is 17.4 Å². The summed E-state index contributed by atoms with van der Waals surface area (Å²) < 4.78 is 7.28. The number of anilines is 2. The Hall–Kier alpha value is -2.13. The second-order valence-electron chi connectivity index (χ2n) is 8.52. The fourth-order valence-electron chi connectivity index (χ4n) is 4.34. The molecule has 0 atom stereocenters. The molecule has 0 bridgehead atoms. The van der Waals surface area contributed by atoms with Crippen LogP contribution >= 0.6 is 46.8 Å². The number of ether oxygens (including phenoxy) is 1. The number of carbonyl (C=O) groups excluding carboxylic acids is 1. The van der Waals surface area contributed by atoms with Crippen molar-refractivity contribution in [3.8, 4) is 0 Å². The molecule has 1 aromatic carbocycles. The van der Waals surface area contributed by atoms with Crippen LogP contribution in [0.15, 0.2) is 18.2 Å². The summed E-state index contributed by atoms with van der Waals surface area (Å²) in [6, 6.07) is 5.56. The molecule has 2 aromatic heterocycles. The number of aryl methyl sites for hydroxylation is 2. The number of nitrogens with zero attached hydrogens (tertiary/aromatic N) is 2. The van der Waals surface area contributed by atoms with Crippen molar-refractivity contribution < 1.29 is 9.53 Å². The van der Waals surface area contributed by atoms with E-state index in [-0.39, 0.29) is 5.97 Å². The van der Waals surface area contributed by atoms with Crippen LogP contribution in [0.4, 0.5) is 10.7 Å². The SMILES string of the molecule is CCOC(=O)c1c(NC(=S)Nc2c(C)nn(Cc3ccc(Cl)c(Cl)c3)c2C)sc2c1CCCCC2. The van der Waals surface area contributed by atoms with Crippen molar-refractivity contribution >= 4 is 68.5 Å². The number of hydrogen-bond acceptors (Lipinski definition) is 5. The predicted octanol–water partition coefficient (Wildman–Crippen LogP) is 7.17. The smallest absolute Gasteiger partial charge is 0.341 e. The predicted molar refractivity (Wildman–Crippen MR) is 149 cm³/mol. The van der Waals surface area contributed by atoms with Gasteiger partial charge in [-0.3, -0.25) is 4.68 Å². The maximum atomic E-state index is 12.8. The Morgan fingerprint density at radius 3 is 2.69 bits per heavy atom. The number of benzene rings is 1. The van der Waals surface area contributed by atoms with E-state index in [4.69, 9.17) is 40.2 Å². The van der Waals surface area contributed by atoms with Gasteiger partial charge in [-0.05, 0) is 81.9 Å². The molecule has 4 rings (SSSR count). The third-order valence-electron chi connectivity index (χ3n) is 6.06. The van der Waals surface area contributed by atoms with Gasteiger partial charge in [0.05, 0.1) is 45.8 Å². The highest BCUT2D eigenvalue weighted by atomic mass is 35.5. The number of hydrogen-bond donors (Lipinski definition) is 2. The minimum Gasteiger partial charge on any atom is -0.462 e. The summed E-state index contributed by atoms with van der Waals surface area (Å²) in [4.78, 5) is 14.1. The average Bonchev–Trinajstić information content (AvgIpc) is 3.15. The van der Waals surface area contributed by atoms with Crippen molar-refractivity contribution in [2.24, 2.45) is 0 Å². The Morgan fingerprint density at radius 1 is 1.17 bits per heavy atom. The molecule has 10 heteroatoms. The van der Waals surface area contributed by atoms with Gasteiger partial charge in [-0.2, -0.15) is 5.10 Å². The number of thiocarbonyl (C=S) groups is 1. The van der Waals surface area contributed by atoms with Crippen molar-refractivity contribution in [3.63, 3.8) is 0 Å². The topological polar surface area (TPSA) is 68.2 Å². The number of esters is 1. The summed E-state index contributed by atoms with van der Waals surface area (Å²) in [5, 5.41) is 13.4. The van der Waals surface area contributed by atoms with Gasteiger partial charge in [-0.15, -0.1) is 11.3 Å². The molecule has 0 aliphatic heterocycles. The molecule has 0 fully saturated rings. The number of thiophene rings is 1. The molecule has 0 radical (unpaired) electrons. The van der Waals surface area contributed by atoms with E-state index in [1.165, 1.54) is 11.3 Å². The lowest BCUT2D eigenvalue weighted by molar-refractivity contribution is 0.0527. The molecule has 0 saturated heterocycles. The van der Waals surface area contributed by atoms with Gasteiger partial charge in [0, 0.05) is 4.88 Å². The first-order valence-corrected chi connectivity index (χ1v) is 13.6. The first kappa shape index (κ1) is 25.9. The normalized spacial score (nSPS) is 13.2. The van der Waals surface area contributed by atoms with E-state index in [2.05, 4.69) is 15.7 Å². The largest absolute Gasteiger partial charge is 0.462 e. The summed E-state index contributed by atoms with van der Waals surface area (Å²) >= 11 is 19.5. The lowest BCUT2D eigenvalue weighted by Gasteiger charge is -2.12. The second kappa shape index (κ2) is 11.3. The summed E-state index contributed by atoms with van der Waals surface area (Å²) in [6.07, 6.45) is 5.26. The zero-order valence-corrected chi connectivity index (χ0v) is 23.1. The maximum Gasteiger partial charge on any atom is 0.341 e. The molecule has 186 valence electrons. The zero-order valence-electron chi connectivity index (χ0n) is 20.0. The summed E-state index contributed by atoms with van der Waals surface area (Å²) in [5.74, 6) is -0.293. The lowest BCUT2D eigenvalue weighted by atomic mass is 10.1. The average molecular weight is 552 g/mol. The Morgan fingerprint density at radius 2 is 1.94 bits per heavy atom. The van der Waals surface area contributed by atoms with Crippen molar-refractivity contribution in [2.45, 2.75) is 59.4 Å². The monoisotopic (exact) mass is 550 g/mol. The van der Waals surface area contributed by atoms with E-state index in [1.807, 2.05) is 37.6 Å². The fourth-order valence-corrected chi connectivity index (χ4v) is 6.21. The second-order valence-corrected chi connectivity index (χ2v) is 10.8. The minimum absolute atomic E-state index is 0.293. The molecule has 2 heterocycles. The molecule has 1 aliphatic carbocycles. The van der Waals surface area contributed by atoms with Gasteiger partial charge in [-0.1, -0.05) is 35.7 Å². The number of halogens is 2. The first-order chi connectivity index (χ1) is 16.8. The van der Waals surface area contributed by atoms with Crippen molar-refractivity contribution in [2.75, 3.05) is 17.2 Å². The molecule has 6 nitrogen and oxygen atoms in total. The summed E-state index contributed by atoms with van der Waals surface area (Å²) in [6.45, 7) is 6.63. The van der Waals surface area contributed by atoms with E-state index >= 15 is 0 Å². The highest BCUT2D eigenvalue weighted by Gasteiger charge is 2.26. The molecular weight excluding hydrogens is 523 g/mol. The molecule has 0 spiro atoms. The van der Waals surface area contributed by atoms with E-state index in [0.717, 1.165) is 58.9 Å². The molecular formula is C25H28Cl2N4O2S2. The van der Waals surface area contributed by atoms with E-state index < -0.39 is 0 Å². The number of rotatable bonds is 6. The Kier molecular flexibility index (Phi) is 8.37. The van der Waals surface area contributed by atoms with Gasteiger partial charge in [0.25, 0.3) is 0 Å². The van der Waals surface area contributed by atoms with Crippen LogP contribution in [0.3, 0.4) is 0 Å². The van der Waals surface area contributed by atoms with Crippen LogP contribution in [0.1, 0.15) is 63.9 Å². The molecule has 35 heavy (non-hydrogen) atoms. The van der Waals surface area contributed by atoms with Crippen LogP contribution in [-0.4, -0.2) is 27.5 Å². The Labute approximate surface area is 225 Å². The summed E-state index contributed by atoms with van der Waals surface area (Å²) in [7, 11) is 0. The van der Waals surface area contributed by atoms with Gasteiger partial charge in [0.2, 0.25) is 0 Å². The van der Waals surface area contributed by atoms with Gasteiger partial charge in [0.1, 0.15) is 5.00 Å². The van der Waals surface area contributed by atoms with Crippen molar-refractivity contribution in [1.29, 1.82) is 0 Å². The zero-order chi connectivity index (χ0) is 25.1. The number of carbonyl (C=O) groups is 1. The third kappa shape index (κ3) is 5.82. The molecule has 1 aliphatic rings. The highest BCUT2D eigenvalue weighted by molar-refractivity contribution is 7.80. The van der Waals surface area contributed by atoms with E-state index in [0.29, 0.717) is 33.9 Å².